The first-order chi connectivity index (χ1) is 17.8. The molecule has 8 aliphatic rings. The zero-order chi connectivity index (χ0) is 24.4. The lowest BCUT2D eigenvalue weighted by atomic mass is 9.63. The van der Waals surface area contributed by atoms with Crippen molar-refractivity contribution in [3.8, 4) is 0 Å². The summed E-state index contributed by atoms with van der Waals surface area (Å²) >= 11 is 0. The van der Waals surface area contributed by atoms with Crippen molar-refractivity contribution in [2.45, 2.75) is 180 Å². The van der Waals surface area contributed by atoms with E-state index in [0.717, 1.165) is 47.3 Å². The van der Waals surface area contributed by atoms with Crippen molar-refractivity contribution < 1.29 is 0 Å². The first-order valence-corrected chi connectivity index (χ1v) is 17.8. The molecule has 8 saturated carbocycles. The van der Waals surface area contributed by atoms with E-state index in [-0.39, 0.29) is 0 Å². The molecule has 2 unspecified atom stereocenters. The third-order valence-corrected chi connectivity index (χ3v) is 12.8. The van der Waals surface area contributed by atoms with Crippen LogP contribution in [0.25, 0.3) is 0 Å². The van der Waals surface area contributed by atoms with Crippen molar-refractivity contribution >= 4 is 0 Å². The summed E-state index contributed by atoms with van der Waals surface area (Å²) < 4.78 is 0. The predicted molar refractivity (Wildman–Crippen MR) is 157 cm³/mol. The summed E-state index contributed by atoms with van der Waals surface area (Å²) in [6.45, 7) is 0. The van der Waals surface area contributed by atoms with Gasteiger partial charge in [-0.05, 0) is 98.7 Å². The van der Waals surface area contributed by atoms with E-state index >= 15 is 0 Å². The van der Waals surface area contributed by atoms with Crippen LogP contribution >= 0.6 is 0 Å². The molecule has 8 rings (SSSR count). The van der Waals surface area contributed by atoms with Gasteiger partial charge in [0.1, 0.15) is 0 Å². The van der Waals surface area contributed by atoms with Crippen LogP contribution in [-0.4, -0.2) is 0 Å². The zero-order valence-electron chi connectivity index (χ0n) is 24.4. The Kier molecular flexibility index (Phi) is 11.5. The number of hydrogen-bond acceptors (Lipinski definition) is 0. The van der Waals surface area contributed by atoms with Gasteiger partial charge < -0.3 is 0 Å². The fraction of sp³-hybridized carbons (Fsp3) is 1.00. The van der Waals surface area contributed by atoms with Crippen LogP contribution < -0.4 is 0 Å². The second-order valence-corrected chi connectivity index (χ2v) is 15.0. The van der Waals surface area contributed by atoms with E-state index in [1.807, 2.05) is 0 Å². The minimum Gasteiger partial charge on any atom is -0.0533 e. The molecule has 0 saturated heterocycles. The summed E-state index contributed by atoms with van der Waals surface area (Å²) in [4.78, 5) is 0. The van der Waals surface area contributed by atoms with Crippen molar-refractivity contribution in [3.05, 3.63) is 0 Å². The molecule has 0 N–H and O–H groups in total. The van der Waals surface area contributed by atoms with E-state index in [0.29, 0.717) is 0 Å². The van der Waals surface area contributed by atoms with Gasteiger partial charge >= 0.3 is 0 Å². The van der Waals surface area contributed by atoms with Crippen molar-refractivity contribution in [2.24, 2.45) is 47.3 Å². The Labute approximate surface area is 226 Å². The lowest BCUT2D eigenvalue weighted by molar-refractivity contribution is 0.0865. The molecule has 0 spiro atoms. The van der Waals surface area contributed by atoms with Crippen LogP contribution in [0.15, 0.2) is 0 Å². The van der Waals surface area contributed by atoms with E-state index in [4.69, 9.17) is 0 Å². The third-order valence-electron chi connectivity index (χ3n) is 12.8. The fourth-order valence-electron chi connectivity index (χ4n) is 10.4. The number of hydrogen-bond donors (Lipinski definition) is 0. The highest BCUT2D eigenvalue weighted by atomic mass is 14.4. The second-order valence-electron chi connectivity index (χ2n) is 15.0. The van der Waals surface area contributed by atoms with Gasteiger partial charge in [0.2, 0.25) is 0 Å². The normalized spacial score (nSPS) is 42.7. The molecule has 36 heavy (non-hydrogen) atoms. The van der Waals surface area contributed by atoms with Crippen molar-refractivity contribution in [3.63, 3.8) is 0 Å². The van der Waals surface area contributed by atoms with E-state index in [9.17, 15) is 0 Å². The summed E-state index contributed by atoms with van der Waals surface area (Å²) in [6.07, 6.45) is 43.9. The standard InChI is InChI=1S/C36H64/c1-2-4-10-14-36-34(24-21-31-17-15-29(16-18-31)11-7-3-1)13-9-6-5-8-12-30-19-22-32(23-20-30)33-25-27-35(36)28-26-33/h29-36H,1-28H2. The van der Waals surface area contributed by atoms with Crippen LogP contribution in [0.5, 0.6) is 0 Å². The molecule has 0 amide bonds. The summed E-state index contributed by atoms with van der Waals surface area (Å²) in [7, 11) is 0. The van der Waals surface area contributed by atoms with Crippen LogP contribution in [0.1, 0.15) is 180 Å². The molecule has 0 aromatic carbocycles. The van der Waals surface area contributed by atoms with Crippen LogP contribution in [-0.2, 0) is 0 Å². The third kappa shape index (κ3) is 8.25. The first kappa shape index (κ1) is 27.6. The minimum absolute atomic E-state index is 1.07. The van der Waals surface area contributed by atoms with Crippen LogP contribution in [0, 0.1) is 47.3 Å². The van der Waals surface area contributed by atoms with Gasteiger partial charge in [-0.3, -0.25) is 0 Å². The van der Waals surface area contributed by atoms with Crippen LogP contribution in [0.3, 0.4) is 0 Å². The minimum atomic E-state index is 1.07. The molecule has 208 valence electrons. The maximum Gasteiger partial charge on any atom is -0.0357 e. The Balaban J connectivity index is 1.26. The highest BCUT2D eigenvalue weighted by Gasteiger charge is 2.36. The average molecular weight is 497 g/mol. The Morgan fingerprint density at radius 3 is 1.06 bits per heavy atom. The highest BCUT2D eigenvalue weighted by molar-refractivity contribution is 4.87. The lowest BCUT2D eigenvalue weighted by Gasteiger charge is -2.42. The van der Waals surface area contributed by atoms with Gasteiger partial charge in [-0.1, -0.05) is 128 Å². The molecule has 0 aromatic heterocycles. The molecule has 0 nitrogen and oxygen atoms in total. The van der Waals surface area contributed by atoms with Crippen molar-refractivity contribution in [2.75, 3.05) is 0 Å². The molecule has 8 fully saturated rings. The number of fused-ring (bicyclic) bond motifs is 12. The quantitative estimate of drug-likeness (QED) is 0.313. The summed E-state index contributed by atoms with van der Waals surface area (Å²) in [5, 5.41) is 0. The molecular weight excluding hydrogens is 432 g/mol. The molecular formula is C36H64. The Hall–Kier alpha value is 0. The van der Waals surface area contributed by atoms with Gasteiger partial charge in [0.15, 0.2) is 0 Å². The molecule has 0 radical (unpaired) electrons. The molecule has 0 heterocycles. The van der Waals surface area contributed by atoms with E-state index < -0.39 is 0 Å². The van der Waals surface area contributed by atoms with Crippen molar-refractivity contribution in [1.82, 2.24) is 0 Å². The van der Waals surface area contributed by atoms with E-state index in [2.05, 4.69) is 0 Å². The zero-order valence-corrected chi connectivity index (χ0v) is 24.4. The molecule has 8 aliphatic carbocycles. The number of rotatable bonds is 0. The highest BCUT2D eigenvalue weighted by Crippen LogP contribution is 2.48. The fourth-order valence-corrected chi connectivity index (χ4v) is 10.4. The second kappa shape index (κ2) is 15.0. The van der Waals surface area contributed by atoms with Gasteiger partial charge in [-0.2, -0.15) is 0 Å². The molecule has 0 aliphatic heterocycles. The largest absolute Gasteiger partial charge is 0.0533 e. The predicted octanol–water partition coefficient (Wildman–Crippen LogP) is 11.9. The molecule has 0 heteroatoms. The van der Waals surface area contributed by atoms with Gasteiger partial charge in [-0.15, -0.1) is 0 Å². The monoisotopic (exact) mass is 497 g/mol. The maximum atomic E-state index is 1.61. The first-order valence-electron chi connectivity index (χ1n) is 17.8. The molecule has 0 aromatic rings. The van der Waals surface area contributed by atoms with Crippen LogP contribution in [0.2, 0.25) is 0 Å². The van der Waals surface area contributed by atoms with Gasteiger partial charge in [0, 0.05) is 0 Å². The summed E-state index contributed by atoms with van der Waals surface area (Å²) in [5.41, 5.74) is 0. The summed E-state index contributed by atoms with van der Waals surface area (Å²) in [5.74, 6) is 8.73. The topological polar surface area (TPSA) is 0 Å². The maximum absolute atomic E-state index is 1.61. The SMILES string of the molecule is C1CCCCC2C(CCCCCCC3CCC(CC3)C3CCC2CC3)CCC2CCC(CCC1)CC2. The van der Waals surface area contributed by atoms with Gasteiger partial charge in [-0.25, -0.2) is 0 Å². The van der Waals surface area contributed by atoms with Crippen molar-refractivity contribution in [1.29, 1.82) is 0 Å². The average Bonchev–Trinajstić information content (AvgIpc) is 2.92. The lowest BCUT2D eigenvalue weighted by Crippen LogP contribution is -2.31. The van der Waals surface area contributed by atoms with E-state index in [1.54, 1.807) is 135 Å². The Bertz CT molecular complexity index is 569. The van der Waals surface area contributed by atoms with Crippen LogP contribution in [0.4, 0.5) is 0 Å². The smallest absolute Gasteiger partial charge is 0.0357 e. The van der Waals surface area contributed by atoms with Gasteiger partial charge in [0.05, 0.1) is 0 Å². The van der Waals surface area contributed by atoms with E-state index in [1.165, 1.54) is 44.9 Å². The Morgan fingerprint density at radius 1 is 0.194 bits per heavy atom. The summed E-state index contributed by atoms with van der Waals surface area (Å²) in [6, 6.07) is 0. The van der Waals surface area contributed by atoms with Gasteiger partial charge in [0.25, 0.3) is 0 Å². The molecule has 6 bridgehead atoms. The Morgan fingerprint density at radius 2 is 0.500 bits per heavy atom. The molecule has 2 atom stereocenters.